The van der Waals surface area contributed by atoms with Crippen molar-refractivity contribution in [3.05, 3.63) is 29.8 Å². The summed E-state index contributed by atoms with van der Waals surface area (Å²) < 4.78 is 5.25. The SMILES string of the molecule is COc1cccc(C2CC(NCC(C)CO)C2)c1. The quantitative estimate of drug-likeness (QED) is 0.812. The molecule has 0 aromatic heterocycles. The molecule has 0 spiro atoms. The minimum Gasteiger partial charge on any atom is -0.497 e. The maximum Gasteiger partial charge on any atom is 0.119 e. The number of aliphatic hydroxyl groups excluding tert-OH is 1. The van der Waals surface area contributed by atoms with Crippen LogP contribution in [0.25, 0.3) is 0 Å². The lowest BCUT2D eigenvalue weighted by Crippen LogP contribution is -2.42. The van der Waals surface area contributed by atoms with Crippen LogP contribution in [0, 0.1) is 5.92 Å². The maximum atomic E-state index is 8.97. The van der Waals surface area contributed by atoms with E-state index in [1.54, 1.807) is 7.11 Å². The molecular formula is C15H23NO2. The number of rotatable bonds is 6. The molecule has 100 valence electrons. The van der Waals surface area contributed by atoms with Gasteiger partial charge in [0.2, 0.25) is 0 Å². The zero-order chi connectivity index (χ0) is 13.0. The Morgan fingerprint density at radius 2 is 2.22 bits per heavy atom. The fourth-order valence-corrected chi connectivity index (χ4v) is 2.38. The molecule has 2 N–H and O–H groups in total. The van der Waals surface area contributed by atoms with Crippen LogP contribution in [0.3, 0.4) is 0 Å². The second kappa shape index (κ2) is 6.21. The Balaban J connectivity index is 1.78. The van der Waals surface area contributed by atoms with Crippen molar-refractivity contribution >= 4 is 0 Å². The molecule has 1 saturated carbocycles. The monoisotopic (exact) mass is 249 g/mol. The van der Waals surface area contributed by atoms with E-state index in [-0.39, 0.29) is 6.61 Å². The summed E-state index contributed by atoms with van der Waals surface area (Å²) in [5.41, 5.74) is 1.38. The number of hydrogen-bond acceptors (Lipinski definition) is 3. The molecule has 1 aromatic rings. The predicted molar refractivity (Wildman–Crippen MR) is 73.0 cm³/mol. The highest BCUT2D eigenvalue weighted by Gasteiger charge is 2.30. The molecule has 3 nitrogen and oxygen atoms in total. The van der Waals surface area contributed by atoms with Gasteiger partial charge < -0.3 is 15.2 Å². The van der Waals surface area contributed by atoms with Gasteiger partial charge in [-0.05, 0) is 42.4 Å². The summed E-state index contributed by atoms with van der Waals surface area (Å²) in [6, 6.07) is 8.97. The van der Waals surface area contributed by atoms with Gasteiger partial charge in [-0.2, -0.15) is 0 Å². The lowest BCUT2D eigenvalue weighted by molar-refractivity contribution is 0.213. The van der Waals surface area contributed by atoms with Crippen molar-refractivity contribution in [1.29, 1.82) is 0 Å². The van der Waals surface area contributed by atoms with Crippen LogP contribution >= 0.6 is 0 Å². The summed E-state index contributed by atoms with van der Waals surface area (Å²) in [6.07, 6.45) is 2.37. The average Bonchev–Trinajstić information content (AvgIpc) is 2.36. The van der Waals surface area contributed by atoms with Crippen LogP contribution in [0.15, 0.2) is 24.3 Å². The van der Waals surface area contributed by atoms with Gasteiger partial charge in [-0.1, -0.05) is 19.1 Å². The molecule has 1 aliphatic rings. The molecule has 1 atom stereocenters. The van der Waals surface area contributed by atoms with E-state index in [1.165, 1.54) is 18.4 Å². The van der Waals surface area contributed by atoms with Crippen molar-refractivity contribution in [2.75, 3.05) is 20.3 Å². The van der Waals surface area contributed by atoms with Gasteiger partial charge in [0, 0.05) is 19.2 Å². The molecule has 0 aliphatic heterocycles. The number of hydrogen-bond donors (Lipinski definition) is 2. The molecule has 0 amide bonds. The number of ether oxygens (including phenoxy) is 1. The van der Waals surface area contributed by atoms with Crippen LogP contribution in [0.4, 0.5) is 0 Å². The lowest BCUT2D eigenvalue weighted by atomic mass is 9.75. The first-order valence-electron chi connectivity index (χ1n) is 6.71. The van der Waals surface area contributed by atoms with Crippen molar-refractivity contribution in [1.82, 2.24) is 5.32 Å². The Hall–Kier alpha value is -1.06. The van der Waals surface area contributed by atoms with Gasteiger partial charge in [-0.25, -0.2) is 0 Å². The predicted octanol–water partition coefficient (Wildman–Crippen LogP) is 2.16. The third-order valence-electron chi connectivity index (χ3n) is 3.77. The van der Waals surface area contributed by atoms with Gasteiger partial charge in [-0.3, -0.25) is 0 Å². The zero-order valence-electron chi connectivity index (χ0n) is 11.2. The molecule has 1 aromatic carbocycles. The van der Waals surface area contributed by atoms with Gasteiger partial charge >= 0.3 is 0 Å². The van der Waals surface area contributed by atoms with E-state index in [9.17, 15) is 0 Å². The molecule has 1 unspecified atom stereocenters. The fourth-order valence-electron chi connectivity index (χ4n) is 2.38. The van der Waals surface area contributed by atoms with Crippen LogP contribution in [0.1, 0.15) is 31.2 Å². The van der Waals surface area contributed by atoms with Gasteiger partial charge in [0.25, 0.3) is 0 Å². The van der Waals surface area contributed by atoms with Crippen molar-refractivity contribution in [3.8, 4) is 5.75 Å². The molecule has 0 radical (unpaired) electrons. The van der Waals surface area contributed by atoms with Gasteiger partial charge in [-0.15, -0.1) is 0 Å². The Morgan fingerprint density at radius 3 is 2.89 bits per heavy atom. The van der Waals surface area contributed by atoms with Crippen molar-refractivity contribution < 1.29 is 9.84 Å². The Labute approximate surface area is 109 Å². The van der Waals surface area contributed by atoms with Crippen LogP contribution in [0.5, 0.6) is 5.75 Å². The largest absolute Gasteiger partial charge is 0.497 e. The van der Waals surface area contributed by atoms with Gasteiger partial charge in [0.15, 0.2) is 0 Å². The fraction of sp³-hybridized carbons (Fsp3) is 0.600. The maximum absolute atomic E-state index is 8.97. The first kappa shape index (κ1) is 13.4. The standard InChI is InChI=1S/C15H23NO2/c1-11(10-17)9-16-14-6-13(7-14)12-4-3-5-15(8-12)18-2/h3-5,8,11,13-14,16-17H,6-7,9-10H2,1-2H3. The summed E-state index contributed by atoms with van der Waals surface area (Å²) in [7, 11) is 1.71. The second-order valence-corrected chi connectivity index (χ2v) is 5.34. The average molecular weight is 249 g/mol. The van der Waals surface area contributed by atoms with E-state index in [2.05, 4.69) is 30.4 Å². The molecule has 1 aliphatic carbocycles. The van der Waals surface area contributed by atoms with E-state index in [0.717, 1.165) is 12.3 Å². The summed E-state index contributed by atoms with van der Waals surface area (Å²) in [4.78, 5) is 0. The molecule has 0 saturated heterocycles. The Kier molecular flexibility index (Phi) is 4.61. The van der Waals surface area contributed by atoms with E-state index in [0.29, 0.717) is 17.9 Å². The smallest absolute Gasteiger partial charge is 0.119 e. The summed E-state index contributed by atoms with van der Waals surface area (Å²) in [5.74, 6) is 1.95. The van der Waals surface area contributed by atoms with Crippen molar-refractivity contribution in [3.63, 3.8) is 0 Å². The number of nitrogens with one attached hydrogen (secondary N) is 1. The number of aliphatic hydroxyl groups is 1. The molecule has 3 heteroatoms. The van der Waals surface area contributed by atoms with Crippen LogP contribution in [0.2, 0.25) is 0 Å². The minimum absolute atomic E-state index is 0.263. The molecule has 18 heavy (non-hydrogen) atoms. The molecule has 2 rings (SSSR count). The van der Waals surface area contributed by atoms with Gasteiger partial charge in [0.05, 0.1) is 7.11 Å². The second-order valence-electron chi connectivity index (χ2n) is 5.34. The molecule has 0 heterocycles. The van der Waals surface area contributed by atoms with Crippen molar-refractivity contribution in [2.45, 2.75) is 31.7 Å². The third-order valence-corrected chi connectivity index (χ3v) is 3.77. The van der Waals surface area contributed by atoms with E-state index >= 15 is 0 Å². The Morgan fingerprint density at radius 1 is 1.44 bits per heavy atom. The van der Waals surface area contributed by atoms with Crippen LogP contribution in [-0.4, -0.2) is 31.4 Å². The zero-order valence-corrected chi connectivity index (χ0v) is 11.2. The first-order chi connectivity index (χ1) is 8.72. The number of methoxy groups -OCH3 is 1. The van der Waals surface area contributed by atoms with E-state index in [4.69, 9.17) is 9.84 Å². The lowest BCUT2D eigenvalue weighted by Gasteiger charge is -2.37. The number of benzene rings is 1. The first-order valence-corrected chi connectivity index (χ1v) is 6.71. The molecular weight excluding hydrogens is 226 g/mol. The van der Waals surface area contributed by atoms with Crippen molar-refractivity contribution in [2.24, 2.45) is 5.92 Å². The van der Waals surface area contributed by atoms with E-state index in [1.807, 2.05) is 6.07 Å². The van der Waals surface area contributed by atoms with Crippen LogP contribution in [-0.2, 0) is 0 Å². The topological polar surface area (TPSA) is 41.5 Å². The normalized spacial score (nSPS) is 24.4. The highest BCUT2D eigenvalue weighted by molar-refractivity contribution is 5.32. The molecule has 1 fully saturated rings. The highest BCUT2D eigenvalue weighted by atomic mass is 16.5. The molecule has 0 bridgehead atoms. The van der Waals surface area contributed by atoms with E-state index < -0.39 is 0 Å². The van der Waals surface area contributed by atoms with Gasteiger partial charge in [0.1, 0.15) is 5.75 Å². The minimum atomic E-state index is 0.263. The third kappa shape index (κ3) is 3.24. The summed E-state index contributed by atoms with van der Waals surface area (Å²) >= 11 is 0. The summed E-state index contributed by atoms with van der Waals surface area (Å²) in [6.45, 7) is 3.23. The Bertz CT molecular complexity index is 375. The highest BCUT2D eigenvalue weighted by Crippen LogP contribution is 2.37. The summed E-state index contributed by atoms with van der Waals surface area (Å²) in [5, 5.41) is 12.5. The van der Waals surface area contributed by atoms with Crippen LogP contribution < -0.4 is 10.1 Å².